The molecule has 1 aromatic rings. The largest absolute Gasteiger partial charge is 0.391 e. The maximum atomic E-state index is 11.4. The molecular weight excluding hydrogens is 288 g/mol. The van der Waals surface area contributed by atoms with E-state index in [1.165, 1.54) is 0 Å². The first-order valence-electron chi connectivity index (χ1n) is 5.57. The van der Waals surface area contributed by atoms with E-state index in [1.54, 1.807) is 4.68 Å². The van der Waals surface area contributed by atoms with E-state index in [0.29, 0.717) is 28.4 Å². The van der Waals surface area contributed by atoms with Crippen molar-refractivity contribution in [2.45, 2.75) is 31.5 Å². The van der Waals surface area contributed by atoms with E-state index in [2.05, 4.69) is 26.3 Å². The van der Waals surface area contributed by atoms with E-state index in [-0.39, 0.29) is 12.1 Å². The summed E-state index contributed by atoms with van der Waals surface area (Å²) in [7, 11) is 0. The topological polar surface area (TPSA) is 93.2 Å². The molecule has 1 aliphatic heterocycles. The van der Waals surface area contributed by atoms with Crippen molar-refractivity contribution < 1.29 is 9.90 Å². The average Bonchev–Trinajstić information content (AvgIpc) is 2.63. The zero-order valence-electron chi connectivity index (χ0n) is 9.06. The first-order valence-corrected chi connectivity index (χ1v) is 6.36. The molecule has 1 amide bonds. The quantitative estimate of drug-likeness (QED) is 0.696. The highest BCUT2D eigenvalue weighted by molar-refractivity contribution is 9.10. The molecule has 92 valence electrons. The molecule has 2 bridgehead atoms. The van der Waals surface area contributed by atoms with Gasteiger partial charge in [-0.25, -0.2) is 4.68 Å². The van der Waals surface area contributed by atoms with Crippen LogP contribution in [-0.4, -0.2) is 32.9 Å². The Bertz CT molecular complexity index is 487. The minimum Gasteiger partial charge on any atom is -0.391 e. The van der Waals surface area contributed by atoms with E-state index in [1.807, 2.05) is 0 Å². The standard InChI is InChI=1S/C10H13BrN4O2/c11-8-7(9(12)17)10-13-5-1-4(2-6(5)16)3-15(10)14-8/h4-6,13,16H,1-3H2,(H2,12,17)/t4-,5+,6+/m1/s1. The number of carbonyl (C=O) groups excluding carboxylic acids is 1. The van der Waals surface area contributed by atoms with Gasteiger partial charge >= 0.3 is 0 Å². The third-order valence-corrected chi connectivity index (χ3v) is 4.09. The number of halogens is 1. The Labute approximate surface area is 106 Å². The van der Waals surface area contributed by atoms with Gasteiger partial charge in [0.25, 0.3) is 5.91 Å². The second kappa shape index (κ2) is 3.71. The second-order valence-electron chi connectivity index (χ2n) is 4.72. The van der Waals surface area contributed by atoms with Gasteiger partial charge in [-0.3, -0.25) is 4.79 Å². The summed E-state index contributed by atoms with van der Waals surface area (Å²) >= 11 is 3.24. The number of hydrogen-bond acceptors (Lipinski definition) is 4. The van der Waals surface area contributed by atoms with Gasteiger partial charge in [0, 0.05) is 6.54 Å². The number of hydrogen-bond donors (Lipinski definition) is 3. The van der Waals surface area contributed by atoms with E-state index in [0.717, 1.165) is 12.8 Å². The molecule has 0 spiro atoms. The van der Waals surface area contributed by atoms with Crippen molar-refractivity contribution in [2.24, 2.45) is 11.7 Å². The first-order chi connectivity index (χ1) is 8.06. The Morgan fingerprint density at radius 1 is 1.59 bits per heavy atom. The van der Waals surface area contributed by atoms with Gasteiger partial charge in [0.2, 0.25) is 0 Å². The van der Waals surface area contributed by atoms with Crippen LogP contribution in [0.2, 0.25) is 0 Å². The number of aromatic nitrogens is 2. The van der Waals surface area contributed by atoms with Gasteiger partial charge < -0.3 is 16.2 Å². The molecule has 17 heavy (non-hydrogen) atoms. The third-order valence-electron chi connectivity index (χ3n) is 3.54. The summed E-state index contributed by atoms with van der Waals surface area (Å²) < 4.78 is 2.23. The number of aliphatic hydroxyl groups is 1. The van der Waals surface area contributed by atoms with Crippen molar-refractivity contribution >= 4 is 27.7 Å². The monoisotopic (exact) mass is 300 g/mol. The number of nitrogens with one attached hydrogen (secondary N) is 1. The fourth-order valence-corrected chi connectivity index (χ4v) is 3.35. The summed E-state index contributed by atoms with van der Waals surface area (Å²) in [6, 6.07) is -0.0112. The normalized spacial score (nSPS) is 30.6. The van der Waals surface area contributed by atoms with Gasteiger partial charge in [-0.1, -0.05) is 0 Å². The van der Waals surface area contributed by atoms with Crippen molar-refractivity contribution in [2.75, 3.05) is 5.32 Å². The van der Waals surface area contributed by atoms with Crippen LogP contribution < -0.4 is 11.1 Å². The molecule has 0 aromatic carbocycles. The van der Waals surface area contributed by atoms with Crippen LogP contribution in [0.25, 0.3) is 0 Å². The van der Waals surface area contributed by atoms with Crippen LogP contribution in [0.5, 0.6) is 0 Å². The molecule has 6 nitrogen and oxygen atoms in total. The average molecular weight is 301 g/mol. The number of fused-ring (bicyclic) bond motifs is 3. The minimum absolute atomic E-state index is 0.0112. The number of primary amides is 1. The second-order valence-corrected chi connectivity index (χ2v) is 5.47. The predicted molar refractivity (Wildman–Crippen MR) is 64.6 cm³/mol. The number of carbonyl (C=O) groups is 1. The van der Waals surface area contributed by atoms with Crippen molar-refractivity contribution in [3.63, 3.8) is 0 Å². The number of anilines is 1. The van der Waals surface area contributed by atoms with Crippen LogP contribution in [0.3, 0.4) is 0 Å². The minimum atomic E-state index is -0.516. The SMILES string of the molecule is NC(=O)c1c(Br)nn2c1N[C@H]1C[C@H](C[C@@H]1O)C2. The summed E-state index contributed by atoms with van der Waals surface area (Å²) in [4.78, 5) is 11.4. The van der Waals surface area contributed by atoms with Gasteiger partial charge in [0.1, 0.15) is 16.0 Å². The lowest BCUT2D eigenvalue weighted by atomic mass is 10.1. The van der Waals surface area contributed by atoms with Crippen LogP contribution in [-0.2, 0) is 6.54 Å². The Hall–Kier alpha value is -1.08. The highest BCUT2D eigenvalue weighted by atomic mass is 79.9. The lowest BCUT2D eigenvalue weighted by Crippen LogP contribution is -2.30. The van der Waals surface area contributed by atoms with Gasteiger partial charge in [0.05, 0.1) is 12.1 Å². The van der Waals surface area contributed by atoms with Gasteiger partial charge in [-0.05, 0) is 34.7 Å². The summed E-state index contributed by atoms with van der Waals surface area (Å²) in [6.45, 7) is 0.710. The number of amides is 1. The van der Waals surface area contributed by atoms with E-state index < -0.39 is 5.91 Å². The van der Waals surface area contributed by atoms with Crippen molar-refractivity contribution in [1.82, 2.24) is 9.78 Å². The molecule has 3 atom stereocenters. The third kappa shape index (κ3) is 1.64. The number of rotatable bonds is 1. The maximum Gasteiger partial charge on any atom is 0.255 e. The molecule has 2 aliphatic rings. The highest BCUT2D eigenvalue weighted by Gasteiger charge is 2.38. The molecule has 0 saturated heterocycles. The Morgan fingerprint density at radius 3 is 3.06 bits per heavy atom. The van der Waals surface area contributed by atoms with Gasteiger partial charge in [-0.2, -0.15) is 5.10 Å². The molecule has 1 fully saturated rings. The molecule has 1 aliphatic carbocycles. The summed E-state index contributed by atoms with van der Waals surface area (Å²) in [6.07, 6.45) is 1.32. The Kier molecular flexibility index (Phi) is 2.41. The predicted octanol–water partition coefficient (Wildman–Crippen LogP) is 0.309. The van der Waals surface area contributed by atoms with Gasteiger partial charge in [-0.15, -0.1) is 0 Å². The summed E-state index contributed by atoms with van der Waals surface area (Å²) in [5.41, 5.74) is 5.71. The summed E-state index contributed by atoms with van der Waals surface area (Å²) in [5.74, 6) is 0.504. The number of nitrogens with two attached hydrogens (primary N) is 1. The maximum absolute atomic E-state index is 11.4. The molecule has 0 radical (unpaired) electrons. The van der Waals surface area contributed by atoms with Crippen LogP contribution in [0.4, 0.5) is 5.82 Å². The van der Waals surface area contributed by atoms with Crippen molar-refractivity contribution in [3.05, 3.63) is 10.2 Å². The highest BCUT2D eigenvalue weighted by Crippen LogP contribution is 2.36. The van der Waals surface area contributed by atoms with Crippen LogP contribution >= 0.6 is 15.9 Å². The first kappa shape index (κ1) is 11.0. The van der Waals surface area contributed by atoms with Crippen molar-refractivity contribution in [3.8, 4) is 0 Å². The summed E-state index contributed by atoms with van der Waals surface area (Å²) in [5, 5.41) is 17.3. The fourth-order valence-electron chi connectivity index (χ4n) is 2.77. The Morgan fingerprint density at radius 2 is 2.35 bits per heavy atom. The Balaban J connectivity index is 2.07. The molecule has 4 N–H and O–H groups in total. The van der Waals surface area contributed by atoms with E-state index >= 15 is 0 Å². The molecule has 3 rings (SSSR count). The molecular formula is C10H13BrN4O2. The number of nitrogens with zero attached hydrogens (tertiary/aromatic N) is 2. The zero-order chi connectivity index (χ0) is 12.2. The van der Waals surface area contributed by atoms with Crippen molar-refractivity contribution in [1.29, 1.82) is 0 Å². The lowest BCUT2D eigenvalue weighted by Gasteiger charge is -2.19. The molecule has 2 heterocycles. The lowest BCUT2D eigenvalue weighted by molar-refractivity contribution is 0.0999. The molecule has 1 saturated carbocycles. The van der Waals surface area contributed by atoms with E-state index in [9.17, 15) is 9.90 Å². The number of aliphatic hydroxyl groups excluding tert-OH is 1. The molecule has 0 unspecified atom stereocenters. The molecule has 1 aromatic heterocycles. The zero-order valence-corrected chi connectivity index (χ0v) is 10.6. The van der Waals surface area contributed by atoms with Crippen LogP contribution in [0.15, 0.2) is 4.60 Å². The fraction of sp³-hybridized carbons (Fsp3) is 0.600. The van der Waals surface area contributed by atoms with Gasteiger partial charge in [0.15, 0.2) is 0 Å². The van der Waals surface area contributed by atoms with Crippen LogP contribution in [0.1, 0.15) is 23.2 Å². The smallest absolute Gasteiger partial charge is 0.255 e. The molecule has 7 heteroatoms. The van der Waals surface area contributed by atoms with E-state index in [4.69, 9.17) is 5.73 Å². The van der Waals surface area contributed by atoms with Crippen LogP contribution in [0, 0.1) is 5.92 Å².